The van der Waals surface area contributed by atoms with Gasteiger partial charge in [-0.3, -0.25) is 4.68 Å². The third kappa shape index (κ3) is 2.41. The summed E-state index contributed by atoms with van der Waals surface area (Å²) >= 11 is 0. The van der Waals surface area contributed by atoms with Crippen molar-refractivity contribution in [2.45, 2.75) is 38.0 Å². The maximum Gasteiger partial charge on any atom is 0.130 e. The molecule has 1 aromatic heterocycles. The van der Waals surface area contributed by atoms with Crippen LogP contribution in [-0.4, -0.2) is 29.3 Å². The molecule has 2 rings (SSSR count). The second kappa shape index (κ2) is 4.61. The molecule has 0 amide bonds. The van der Waals surface area contributed by atoms with Gasteiger partial charge < -0.3 is 9.53 Å². The molecule has 0 saturated carbocycles. The third-order valence-electron chi connectivity index (χ3n) is 3.45. The van der Waals surface area contributed by atoms with Crippen LogP contribution in [0.1, 0.15) is 43.9 Å². The normalized spacial score (nSPS) is 18.3. The Morgan fingerprint density at radius 3 is 2.71 bits per heavy atom. The van der Waals surface area contributed by atoms with Crippen LogP contribution in [0.25, 0.3) is 0 Å². The maximum atomic E-state index is 11.2. The van der Waals surface area contributed by atoms with Crippen LogP contribution in [0.4, 0.5) is 0 Å². The molecule has 0 aliphatic carbocycles. The minimum absolute atomic E-state index is 0.430. The van der Waals surface area contributed by atoms with E-state index in [1.165, 1.54) is 0 Å². The molecule has 1 saturated heterocycles. The Morgan fingerprint density at radius 2 is 2.12 bits per heavy atom. The van der Waals surface area contributed by atoms with Crippen LogP contribution in [0.15, 0.2) is 6.20 Å². The highest BCUT2D eigenvalue weighted by Crippen LogP contribution is 2.33. The monoisotopic (exact) mass is 236 g/mol. The SMILES string of the molecule is Cn1cc(C(C)(C)C=O)c(C2CCOCC2)n1. The van der Waals surface area contributed by atoms with E-state index >= 15 is 0 Å². The van der Waals surface area contributed by atoms with Gasteiger partial charge in [0.2, 0.25) is 0 Å². The van der Waals surface area contributed by atoms with Crippen LogP contribution < -0.4 is 0 Å². The summed E-state index contributed by atoms with van der Waals surface area (Å²) in [5.74, 6) is 0.430. The molecule has 0 unspecified atom stereocenters. The van der Waals surface area contributed by atoms with Gasteiger partial charge in [0.05, 0.1) is 5.69 Å². The molecule has 0 radical (unpaired) electrons. The van der Waals surface area contributed by atoms with Crippen molar-refractivity contribution < 1.29 is 9.53 Å². The van der Waals surface area contributed by atoms with Gasteiger partial charge in [-0.15, -0.1) is 0 Å². The minimum Gasteiger partial charge on any atom is -0.381 e. The van der Waals surface area contributed by atoms with Crippen molar-refractivity contribution in [1.29, 1.82) is 0 Å². The number of hydrogen-bond donors (Lipinski definition) is 0. The molecule has 0 bridgehead atoms. The van der Waals surface area contributed by atoms with Gasteiger partial charge in [-0.05, 0) is 26.7 Å². The van der Waals surface area contributed by atoms with E-state index in [4.69, 9.17) is 4.74 Å². The number of aromatic nitrogens is 2. The number of nitrogens with zero attached hydrogens (tertiary/aromatic N) is 2. The Morgan fingerprint density at radius 1 is 1.47 bits per heavy atom. The van der Waals surface area contributed by atoms with Gasteiger partial charge in [0, 0.05) is 43.4 Å². The maximum absolute atomic E-state index is 11.2. The van der Waals surface area contributed by atoms with Crippen molar-refractivity contribution >= 4 is 6.29 Å². The molecule has 0 N–H and O–H groups in total. The first kappa shape index (κ1) is 12.3. The number of ether oxygens (including phenoxy) is 1. The fourth-order valence-corrected chi connectivity index (χ4v) is 2.34. The van der Waals surface area contributed by atoms with Crippen LogP contribution in [-0.2, 0) is 22.0 Å². The number of aryl methyl sites for hydroxylation is 1. The van der Waals surface area contributed by atoms with Gasteiger partial charge in [0.1, 0.15) is 6.29 Å². The van der Waals surface area contributed by atoms with E-state index in [2.05, 4.69) is 5.10 Å². The number of carbonyl (C=O) groups excluding carboxylic acids is 1. The molecule has 1 fully saturated rings. The van der Waals surface area contributed by atoms with Gasteiger partial charge in [0.15, 0.2) is 0 Å². The lowest BCUT2D eigenvalue weighted by atomic mass is 9.82. The van der Waals surface area contributed by atoms with E-state index in [0.29, 0.717) is 5.92 Å². The molecule has 94 valence electrons. The van der Waals surface area contributed by atoms with E-state index in [1.54, 1.807) is 0 Å². The summed E-state index contributed by atoms with van der Waals surface area (Å²) in [5, 5.41) is 4.55. The fourth-order valence-electron chi connectivity index (χ4n) is 2.34. The van der Waals surface area contributed by atoms with E-state index in [9.17, 15) is 4.79 Å². The van der Waals surface area contributed by atoms with Gasteiger partial charge in [-0.1, -0.05) is 0 Å². The highest BCUT2D eigenvalue weighted by atomic mass is 16.5. The molecule has 0 spiro atoms. The van der Waals surface area contributed by atoms with Crippen molar-refractivity contribution in [3.8, 4) is 0 Å². The summed E-state index contributed by atoms with van der Waals surface area (Å²) < 4.78 is 7.19. The first-order valence-corrected chi connectivity index (χ1v) is 6.12. The zero-order valence-corrected chi connectivity index (χ0v) is 10.8. The van der Waals surface area contributed by atoms with E-state index in [0.717, 1.165) is 43.6 Å². The third-order valence-corrected chi connectivity index (χ3v) is 3.45. The second-order valence-electron chi connectivity index (χ2n) is 5.33. The molecular formula is C13H20N2O2. The molecule has 2 heterocycles. The fraction of sp³-hybridized carbons (Fsp3) is 0.692. The van der Waals surface area contributed by atoms with Gasteiger partial charge in [-0.2, -0.15) is 5.10 Å². The second-order valence-corrected chi connectivity index (χ2v) is 5.33. The summed E-state index contributed by atoms with van der Waals surface area (Å²) in [5.41, 5.74) is 1.68. The molecule has 1 aromatic rings. The lowest BCUT2D eigenvalue weighted by Gasteiger charge is -2.24. The average Bonchev–Trinajstić information content (AvgIpc) is 2.73. The zero-order chi connectivity index (χ0) is 12.5. The van der Waals surface area contributed by atoms with E-state index in [-0.39, 0.29) is 0 Å². The molecule has 4 nitrogen and oxygen atoms in total. The first-order valence-electron chi connectivity index (χ1n) is 6.12. The van der Waals surface area contributed by atoms with Crippen molar-refractivity contribution in [2.24, 2.45) is 7.05 Å². The van der Waals surface area contributed by atoms with E-state index in [1.807, 2.05) is 31.8 Å². The standard InChI is InChI=1S/C13H20N2O2/c1-13(2,9-16)11-8-15(3)14-12(11)10-4-6-17-7-5-10/h8-10H,4-7H2,1-3H3. The van der Waals surface area contributed by atoms with Crippen LogP contribution >= 0.6 is 0 Å². The summed E-state index contributed by atoms with van der Waals surface area (Å²) in [6.45, 7) is 5.48. The summed E-state index contributed by atoms with van der Waals surface area (Å²) in [4.78, 5) is 11.2. The predicted molar refractivity (Wildman–Crippen MR) is 65.1 cm³/mol. The zero-order valence-electron chi connectivity index (χ0n) is 10.8. The lowest BCUT2D eigenvalue weighted by Crippen LogP contribution is -2.23. The molecule has 1 aliphatic heterocycles. The van der Waals surface area contributed by atoms with Gasteiger partial charge >= 0.3 is 0 Å². The Labute approximate surface area is 102 Å². The molecule has 0 atom stereocenters. The van der Waals surface area contributed by atoms with E-state index < -0.39 is 5.41 Å². The number of hydrogen-bond acceptors (Lipinski definition) is 3. The van der Waals surface area contributed by atoms with Crippen LogP contribution in [0.5, 0.6) is 0 Å². The first-order chi connectivity index (χ1) is 8.04. The quantitative estimate of drug-likeness (QED) is 0.752. The van der Waals surface area contributed by atoms with Crippen LogP contribution in [0.3, 0.4) is 0 Å². The van der Waals surface area contributed by atoms with Crippen LogP contribution in [0.2, 0.25) is 0 Å². The Kier molecular flexibility index (Phi) is 3.33. The molecule has 0 aromatic carbocycles. The Bertz CT molecular complexity index is 404. The average molecular weight is 236 g/mol. The number of carbonyl (C=O) groups is 1. The summed E-state index contributed by atoms with van der Waals surface area (Å²) in [6.07, 6.45) is 4.98. The Balaban J connectivity index is 2.35. The molecule has 4 heteroatoms. The summed E-state index contributed by atoms with van der Waals surface area (Å²) in [7, 11) is 1.91. The van der Waals surface area contributed by atoms with Gasteiger partial charge in [0.25, 0.3) is 0 Å². The molecule has 1 aliphatic rings. The van der Waals surface area contributed by atoms with Crippen molar-refractivity contribution in [1.82, 2.24) is 9.78 Å². The molecular weight excluding hydrogens is 216 g/mol. The predicted octanol–water partition coefficient (Wildman–Crippen LogP) is 1.79. The summed E-state index contributed by atoms with van der Waals surface area (Å²) in [6, 6.07) is 0. The number of aldehydes is 1. The van der Waals surface area contributed by atoms with Crippen LogP contribution in [0, 0.1) is 0 Å². The van der Waals surface area contributed by atoms with Crippen molar-refractivity contribution in [3.63, 3.8) is 0 Å². The smallest absolute Gasteiger partial charge is 0.130 e. The number of rotatable bonds is 3. The van der Waals surface area contributed by atoms with Crippen molar-refractivity contribution in [2.75, 3.05) is 13.2 Å². The highest BCUT2D eigenvalue weighted by Gasteiger charge is 2.30. The highest BCUT2D eigenvalue weighted by molar-refractivity contribution is 5.67. The van der Waals surface area contributed by atoms with Crippen molar-refractivity contribution in [3.05, 3.63) is 17.5 Å². The Hall–Kier alpha value is -1.16. The minimum atomic E-state index is -0.456. The lowest BCUT2D eigenvalue weighted by molar-refractivity contribution is -0.111. The van der Waals surface area contributed by atoms with Gasteiger partial charge in [-0.25, -0.2) is 0 Å². The molecule has 17 heavy (non-hydrogen) atoms. The topological polar surface area (TPSA) is 44.1 Å². The largest absolute Gasteiger partial charge is 0.381 e.